The highest BCUT2D eigenvalue weighted by Crippen LogP contribution is 2.29. The summed E-state index contributed by atoms with van der Waals surface area (Å²) in [7, 11) is 0. The fraction of sp³-hybridized carbons (Fsp3) is 0.261. The number of halogens is 1. The van der Waals surface area contributed by atoms with Gasteiger partial charge in [0.2, 0.25) is 5.91 Å². The zero-order valence-electron chi connectivity index (χ0n) is 17.4. The number of anilines is 1. The van der Waals surface area contributed by atoms with Crippen LogP contribution in [0, 0.1) is 11.2 Å². The van der Waals surface area contributed by atoms with Crippen molar-refractivity contribution in [3.8, 4) is 0 Å². The van der Waals surface area contributed by atoms with Gasteiger partial charge in [-0.2, -0.15) is 5.10 Å². The van der Waals surface area contributed by atoms with Crippen LogP contribution in [0.25, 0.3) is 11.4 Å². The van der Waals surface area contributed by atoms with Crippen LogP contribution < -0.4 is 11.1 Å². The van der Waals surface area contributed by atoms with Gasteiger partial charge in [0.25, 0.3) is 0 Å². The maximum Gasteiger partial charge on any atom is 0.226 e. The Hall–Kier alpha value is -3.48. The Bertz CT molecular complexity index is 1000. The third-order valence-electron chi connectivity index (χ3n) is 4.37. The molecule has 3 rings (SSSR count). The molecule has 0 saturated carbocycles. The predicted octanol–water partition coefficient (Wildman–Crippen LogP) is 4.24. The van der Waals surface area contributed by atoms with Crippen molar-refractivity contribution >= 4 is 29.3 Å². The molecule has 30 heavy (non-hydrogen) atoms. The molecule has 1 aromatic heterocycles. The molecule has 1 aliphatic rings. The molecular weight excluding hydrogens is 381 g/mol. The highest BCUT2D eigenvalue weighted by Gasteiger charge is 2.19. The molecule has 0 spiro atoms. The quantitative estimate of drug-likeness (QED) is 0.777. The standard InChI is InChI=1S/C23H26FN5O/c1-23(2,3)15-20(30)28-19-14-17(10-12-26-19)22(29-13-5-4-11-27-29)21(25)16-6-8-18(24)9-7-16/h4-12,14H,13,15,25H2,1-3H3,(H,26,28,30)/b22-21-. The van der Waals surface area contributed by atoms with Crippen molar-refractivity contribution in [3.63, 3.8) is 0 Å². The van der Waals surface area contributed by atoms with Crippen molar-refractivity contribution < 1.29 is 9.18 Å². The molecule has 0 bridgehead atoms. The molecule has 2 aromatic rings. The van der Waals surface area contributed by atoms with Crippen LogP contribution in [0.4, 0.5) is 10.2 Å². The van der Waals surface area contributed by atoms with Crippen LogP contribution in [0.1, 0.15) is 38.3 Å². The van der Waals surface area contributed by atoms with Crippen LogP contribution in [-0.4, -0.2) is 28.7 Å². The van der Waals surface area contributed by atoms with Crippen LogP contribution in [-0.2, 0) is 4.79 Å². The summed E-state index contributed by atoms with van der Waals surface area (Å²) in [5.41, 5.74) is 8.87. The van der Waals surface area contributed by atoms with E-state index in [1.807, 2.05) is 32.9 Å². The van der Waals surface area contributed by atoms with Crippen LogP contribution in [0.3, 0.4) is 0 Å². The van der Waals surface area contributed by atoms with Crippen molar-refractivity contribution in [2.24, 2.45) is 16.3 Å². The monoisotopic (exact) mass is 407 g/mol. The van der Waals surface area contributed by atoms with Gasteiger partial charge >= 0.3 is 0 Å². The zero-order chi connectivity index (χ0) is 21.7. The zero-order valence-corrected chi connectivity index (χ0v) is 17.4. The first-order valence-electron chi connectivity index (χ1n) is 9.71. The van der Waals surface area contributed by atoms with E-state index in [1.165, 1.54) is 12.1 Å². The lowest BCUT2D eigenvalue weighted by Gasteiger charge is -2.25. The van der Waals surface area contributed by atoms with Crippen molar-refractivity contribution in [3.05, 3.63) is 71.7 Å². The number of benzene rings is 1. The van der Waals surface area contributed by atoms with Crippen LogP contribution in [0.2, 0.25) is 0 Å². The lowest BCUT2D eigenvalue weighted by molar-refractivity contribution is -0.117. The Balaban J connectivity index is 1.99. The minimum atomic E-state index is -0.334. The van der Waals surface area contributed by atoms with Gasteiger partial charge < -0.3 is 11.1 Å². The van der Waals surface area contributed by atoms with Gasteiger partial charge in [0.1, 0.15) is 11.6 Å². The molecule has 0 radical (unpaired) electrons. The number of allylic oxidation sites excluding steroid dienone is 1. The number of hydrogen-bond acceptors (Lipinski definition) is 5. The number of hydrazone groups is 1. The minimum absolute atomic E-state index is 0.108. The fourth-order valence-electron chi connectivity index (χ4n) is 3.06. The summed E-state index contributed by atoms with van der Waals surface area (Å²) in [4.78, 5) is 16.6. The number of nitrogens with one attached hydrogen (secondary N) is 1. The predicted molar refractivity (Wildman–Crippen MR) is 119 cm³/mol. The van der Waals surface area contributed by atoms with E-state index < -0.39 is 0 Å². The summed E-state index contributed by atoms with van der Waals surface area (Å²) in [6.07, 6.45) is 7.48. The Kier molecular flexibility index (Phi) is 6.30. The molecule has 0 unspecified atom stereocenters. The van der Waals surface area contributed by atoms with Crippen molar-refractivity contribution in [2.45, 2.75) is 27.2 Å². The van der Waals surface area contributed by atoms with Crippen LogP contribution in [0.5, 0.6) is 0 Å². The molecule has 0 atom stereocenters. The molecule has 3 N–H and O–H groups in total. The third kappa shape index (κ3) is 5.53. The van der Waals surface area contributed by atoms with Gasteiger partial charge in [-0.1, -0.05) is 26.8 Å². The summed E-state index contributed by atoms with van der Waals surface area (Å²) >= 11 is 0. The van der Waals surface area contributed by atoms with Crippen LogP contribution >= 0.6 is 0 Å². The van der Waals surface area contributed by atoms with E-state index in [4.69, 9.17) is 5.73 Å². The summed E-state index contributed by atoms with van der Waals surface area (Å²) in [6.45, 7) is 6.54. The van der Waals surface area contributed by atoms with E-state index in [0.29, 0.717) is 35.7 Å². The summed E-state index contributed by atoms with van der Waals surface area (Å²) < 4.78 is 13.4. The van der Waals surface area contributed by atoms with Crippen molar-refractivity contribution in [1.29, 1.82) is 0 Å². The number of nitrogens with two attached hydrogens (primary N) is 1. The smallest absolute Gasteiger partial charge is 0.226 e. The normalized spacial score (nSPS) is 14.5. The van der Waals surface area contributed by atoms with Gasteiger partial charge in [0.05, 0.1) is 17.9 Å². The van der Waals surface area contributed by atoms with Gasteiger partial charge in [0.15, 0.2) is 0 Å². The molecule has 1 amide bonds. The van der Waals surface area contributed by atoms with Gasteiger partial charge in [-0.05, 0) is 53.5 Å². The Morgan fingerprint density at radius 1 is 1.20 bits per heavy atom. The first-order chi connectivity index (χ1) is 14.2. The van der Waals surface area contributed by atoms with E-state index in [0.717, 1.165) is 5.56 Å². The second-order valence-corrected chi connectivity index (χ2v) is 8.26. The fourth-order valence-corrected chi connectivity index (χ4v) is 3.06. The van der Waals surface area contributed by atoms with Gasteiger partial charge in [-0.25, -0.2) is 9.37 Å². The second-order valence-electron chi connectivity index (χ2n) is 8.26. The minimum Gasteiger partial charge on any atom is -0.396 e. The Morgan fingerprint density at radius 3 is 2.57 bits per heavy atom. The van der Waals surface area contributed by atoms with Crippen molar-refractivity contribution in [1.82, 2.24) is 9.99 Å². The first-order valence-corrected chi connectivity index (χ1v) is 9.71. The molecule has 6 nitrogen and oxygen atoms in total. The SMILES string of the molecule is CC(C)(C)CC(=O)Nc1cc(/C(=C(/N)c2ccc(F)cc2)N2CC=CC=N2)ccn1. The average Bonchev–Trinajstić information content (AvgIpc) is 2.68. The second kappa shape index (κ2) is 8.90. The molecule has 7 heteroatoms. The number of hydrogen-bond donors (Lipinski definition) is 2. The lowest BCUT2D eigenvalue weighted by Crippen LogP contribution is -2.22. The van der Waals surface area contributed by atoms with E-state index in [1.54, 1.807) is 41.7 Å². The topological polar surface area (TPSA) is 83.6 Å². The molecule has 1 aromatic carbocycles. The molecule has 0 saturated heterocycles. The summed E-state index contributed by atoms with van der Waals surface area (Å²) in [5, 5.41) is 9.02. The largest absolute Gasteiger partial charge is 0.396 e. The number of amides is 1. The first kappa shape index (κ1) is 21.2. The maximum absolute atomic E-state index is 13.4. The number of nitrogens with zero attached hydrogens (tertiary/aromatic N) is 3. The number of carbonyl (C=O) groups excluding carboxylic acids is 1. The van der Waals surface area contributed by atoms with Gasteiger partial charge in [0, 0.05) is 24.4 Å². The van der Waals surface area contributed by atoms with Crippen molar-refractivity contribution in [2.75, 3.05) is 11.9 Å². The molecule has 0 aliphatic carbocycles. The number of rotatable bonds is 5. The van der Waals surface area contributed by atoms with E-state index in [-0.39, 0.29) is 17.1 Å². The molecule has 1 aliphatic heterocycles. The Morgan fingerprint density at radius 2 is 1.93 bits per heavy atom. The molecular formula is C23H26FN5O. The Labute approximate surface area is 176 Å². The summed E-state index contributed by atoms with van der Waals surface area (Å²) in [6, 6.07) is 9.55. The highest BCUT2D eigenvalue weighted by atomic mass is 19.1. The highest BCUT2D eigenvalue weighted by molar-refractivity contribution is 5.92. The lowest BCUT2D eigenvalue weighted by atomic mass is 9.92. The number of pyridine rings is 1. The van der Waals surface area contributed by atoms with Gasteiger partial charge in [-0.3, -0.25) is 9.80 Å². The molecule has 2 heterocycles. The van der Waals surface area contributed by atoms with Crippen LogP contribution in [0.15, 0.2) is 59.8 Å². The summed E-state index contributed by atoms with van der Waals surface area (Å²) in [5.74, 6) is -0.00872. The maximum atomic E-state index is 13.4. The number of aromatic nitrogens is 1. The number of carbonyl (C=O) groups is 1. The molecule has 156 valence electrons. The van der Waals surface area contributed by atoms with E-state index in [9.17, 15) is 9.18 Å². The van der Waals surface area contributed by atoms with E-state index in [2.05, 4.69) is 15.4 Å². The average molecular weight is 407 g/mol. The van der Waals surface area contributed by atoms with Gasteiger partial charge in [-0.15, -0.1) is 0 Å². The molecule has 0 fully saturated rings. The van der Waals surface area contributed by atoms with E-state index >= 15 is 0 Å². The third-order valence-corrected chi connectivity index (χ3v) is 4.37.